The first-order chi connectivity index (χ1) is 9.08. The first-order valence-electron chi connectivity index (χ1n) is 6.68. The van der Waals surface area contributed by atoms with Gasteiger partial charge in [0.05, 0.1) is 5.52 Å². The standard InChI is InChI=1S/C15H18ClN3.3ClH/c16-10-1-2-12-13(5-8-19-14(12)9-10)15(18)6-3-11(17)4-7-15;;;/h1-2,5,8-9,11H,3-4,6-7,17-18H2;3*1H. The Balaban J connectivity index is 0.00000147. The van der Waals surface area contributed by atoms with Gasteiger partial charge >= 0.3 is 0 Å². The Bertz CT molecular complexity index is 613. The highest BCUT2D eigenvalue weighted by molar-refractivity contribution is 6.31. The van der Waals surface area contributed by atoms with Crippen molar-refractivity contribution < 1.29 is 0 Å². The third-order valence-electron chi connectivity index (χ3n) is 4.16. The fourth-order valence-corrected chi connectivity index (χ4v) is 3.15. The number of halogens is 4. The van der Waals surface area contributed by atoms with E-state index in [2.05, 4.69) is 4.98 Å². The van der Waals surface area contributed by atoms with Crippen LogP contribution in [0.1, 0.15) is 31.2 Å². The van der Waals surface area contributed by atoms with Crippen LogP contribution in [0.5, 0.6) is 0 Å². The van der Waals surface area contributed by atoms with E-state index >= 15 is 0 Å². The SMILES string of the molecule is Cl.Cl.Cl.NC1CCC(N)(c2ccnc3cc(Cl)ccc23)CC1. The Morgan fingerprint density at radius 2 is 1.73 bits per heavy atom. The molecule has 0 bridgehead atoms. The van der Waals surface area contributed by atoms with Crippen molar-refractivity contribution in [2.24, 2.45) is 11.5 Å². The maximum absolute atomic E-state index is 6.63. The quantitative estimate of drug-likeness (QED) is 0.773. The summed E-state index contributed by atoms with van der Waals surface area (Å²) in [6, 6.07) is 8.13. The summed E-state index contributed by atoms with van der Waals surface area (Å²) in [7, 11) is 0. The van der Waals surface area contributed by atoms with Gasteiger partial charge in [0.1, 0.15) is 0 Å². The molecule has 4 N–H and O–H groups in total. The summed E-state index contributed by atoms with van der Waals surface area (Å²) in [5, 5.41) is 1.80. The lowest BCUT2D eigenvalue weighted by molar-refractivity contribution is 0.279. The number of pyridine rings is 1. The molecule has 0 radical (unpaired) electrons. The number of nitrogens with zero attached hydrogens (tertiary/aromatic N) is 1. The van der Waals surface area contributed by atoms with Gasteiger partial charge in [0.25, 0.3) is 0 Å². The van der Waals surface area contributed by atoms with Crippen molar-refractivity contribution in [3.63, 3.8) is 0 Å². The molecule has 7 heteroatoms. The Morgan fingerprint density at radius 3 is 2.36 bits per heavy atom. The second kappa shape index (κ2) is 8.53. The molecule has 1 aliphatic rings. The van der Waals surface area contributed by atoms with Gasteiger partial charge in [0.15, 0.2) is 0 Å². The average molecular weight is 385 g/mol. The van der Waals surface area contributed by atoms with E-state index in [-0.39, 0.29) is 42.8 Å². The number of aromatic nitrogens is 1. The zero-order valence-electron chi connectivity index (χ0n) is 12.0. The molecule has 1 fully saturated rings. The van der Waals surface area contributed by atoms with Gasteiger partial charge in [-0.25, -0.2) is 0 Å². The summed E-state index contributed by atoms with van der Waals surface area (Å²) in [4.78, 5) is 4.38. The van der Waals surface area contributed by atoms with E-state index in [4.69, 9.17) is 23.1 Å². The molecule has 1 heterocycles. The molecule has 1 aliphatic carbocycles. The first kappa shape index (κ1) is 21.7. The fraction of sp³-hybridized carbons (Fsp3) is 0.400. The minimum atomic E-state index is -0.287. The molecule has 124 valence electrons. The zero-order chi connectivity index (χ0) is 13.5. The van der Waals surface area contributed by atoms with Gasteiger partial charge in [-0.15, -0.1) is 37.2 Å². The molecule has 0 atom stereocenters. The molecule has 0 amide bonds. The third kappa shape index (κ3) is 4.16. The van der Waals surface area contributed by atoms with Crippen LogP contribution in [0.25, 0.3) is 10.9 Å². The van der Waals surface area contributed by atoms with E-state index in [1.165, 1.54) is 5.56 Å². The highest BCUT2D eigenvalue weighted by atomic mass is 35.5. The van der Waals surface area contributed by atoms with Gasteiger partial charge in [0, 0.05) is 28.2 Å². The van der Waals surface area contributed by atoms with Crippen molar-refractivity contribution >= 4 is 59.7 Å². The van der Waals surface area contributed by atoms with E-state index in [0.717, 1.165) is 36.6 Å². The topological polar surface area (TPSA) is 64.9 Å². The number of hydrogen-bond acceptors (Lipinski definition) is 3. The van der Waals surface area contributed by atoms with Crippen molar-refractivity contribution in [3.05, 3.63) is 41.0 Å². The molecular weight excluding hydrogens is 364 g/mol. The lowest BCUT2D eigenvalue weighted by Crippen LogP contribution is -2.43. The maximum Gasteiger partial charge on any atom is 0.0720 e. The van der Waals surface area contributed by atoms with E-state index in [0.29, 0.717) is 11.1 Å². The average Bonchev–Trinajstić information content (AvgIpc) is 2.41. The van der Waals surface area contributed by atoms with Crippen LogP contribution in [0, 0.1) is 0 Å². The summed E-state index contributed by atoms with van der Waals surface area (Å²) >= 11 is 6.02. The summed E-state index contributed by atoms with van der Waals surface area (Å²) in [5.41, 5.74) is 14.4. The van der Waals surface area contributed by atoms with Crippen molar-refractivity contribution in [2.45, 2.75) is 37.3 Å². The lowest BCUT2D eigenvalue weighted by atomic mass is 9.75. The van der Waals surface area contributed by atoms with E-state index in [1.807, 2.05) is 30.5 Å². The van der Waals surface area contributed by atoms with Gasteiger partial charge in [0.2, 0.25) is 0 Å². The van der Waals surface area contributed by atoms with Crippen LogP contribution in [0.15, 0.2) is 30.5 Å². The number of fused-ring (bicyclic) bond motifs is 1. The Kier molecular flexibility index (Phi) is 8.42. The third-order valence-corrected chi connectivity index (χ3v) is 4.40. The van der Waals surface area contributed by atoms with Crippen molar-refractivity contribution in [3.8, 4) is 0 Å². The Morgan fingerprint density at radius 1 is 1.09 bits per heavy atom. The van der Waals surface area contributed by atoms with Crippen LogP contribution in [0.2, 0.25) is 5.02 Å². The Labute approximate surface area is 154 Å². The van der Waals surface area contributed by atoms with Crippen LogP contribution in [0.4, 0.5) is 0 Å². The van der Waals surface area contributed by atoms with Crippen LogP contribution in [-0.2, 0) is 5.54 Å². The fourth-order valence-electron chi connectivity index (χ4n) is 2.98. The second-order valence-electron chi connectivity index (χ2n) is 5.51. The minimum Gasteiger partial charge on any atom is -0.328 e. The largest absolute Gasteiger partial charge is 0.328 e. The van der Waals surface area contributed by atoms with Gasteiger partial charge < -0.3 is 11.5 Å². The Hall–Kier alpha value is -0.290. The van der Waals surface area contributed by atoms with Gasteiger partial charge in [-0.05, 0) is 49.4 Å². The monoisotopic (exact) mass is 383 g/mol. The summed E-state index contributed by atoms with van der Waals surface area (Å²) in [6.07, 6.45) is 5.63. The molecule has 1 aromatic carbocycles. The van der Waals surface area contributed by atoms with Crippen molar-refractivity contribution in [1.29, 1.82) is 0 Å². The maximum atomic E-state index is 6.63. The summed E-state index contributed by atoms with van der Waals surface area (Å²) < 4.78 is 0. The van der Waals surface area contributed by atoms with Crippen molar-refractivity contribution in [2.75, 3.05) is 0 Å². The number of benzene rings is 1. The molecule has 3 rings (SSSR count). The van der Waals surface area contributed by atoms with E-state index in [9.17, 15) is 0 Å². The van der Waals surface area contributed by atoms with Crippen LogP contribution < -0.4 is 11.5 Å². The lowest BCUT2D eigenvalue weighted by Gasteiger charge is -2.37. The second-order valence-corrected chi connectivity index (χ2v) is 5.95. The molecular formula is C15H21Cl4N3. The number of rotatable bonds is 1. The normalized spacial score (nSPS) is 23.9. The number of hydrogen-bond donors (Lipinski definition) is 2. The molecule has 1 aromatic heterocycles. The molecule has 3 nitrogen and oxygen atoms in total. The minimum absolute atomic E-state index is 0. The van der Waals surface area contributed by atoms with Crippen LogP contribution in [-0.4, -0.2) is 11.0 Å². The van der Waals surface area contributed by atoms with Crippen molar-refractivity contribution in [1.82, 2.24) is 4.98 Å². The van der Waals surface area contributed by atoms with Crippen LogP contribution >= 0.6 is 48.8 Å². The first-order valence-corrected chi connectivity index (χ1v) is 7.05. The van der Waals surface area contributed by atoms with E-state index < -0.39 is 0 Å². The molecule has 0 saturated heterocycles. The molecule has 1 saturated carbocycles. The predicted octanol–water partition coefficient (Wildman–Crippen LogP) is 4.21. The number of nitrogens with two attached hydrogens (primary N) is 2. The highest BCUT2D eigenvalue weighted by Crippen LogP contribution is 2.37. The zero-order valence-corrected chi connectivity index (χ0v) is 15.2. The van der Waals surface area contributed by atoms with Crippen LogP contribution in [0.3, 0.4) is 0 Å². The van der Waals surface area contributed by atoms with Gasteiger partial charge in [-0.1, -0.05) is 17.7 Å². The molecule has 2 aromatic rings. The summed E-state index contributed by atoms with van der Waals surface area (Å²) in [5.74, 6) is 0. The smallest absolute Gasteiger partial charge is 0.0720 e. The predicted molar refractivity (Wildman–Crippen MR) is 101 cm³/mol. The molecule has 0 spiro atoms. The summed E-state index contributed by atoms with van der Waals surface area (Å²) in [6.45, 7) is 0. The molecule has 22 heavy (non-hydrogen) atoms. The van der Waals surface area contributed by atoms with E-state index in [1.54, 1.807) is 0 Å². The van der Waals surface area contributed by atoms with Gasteiger partial charge in [-0.3, -0.25) is 4.98 Å². The molecule has 0 unspecified atom stereocenters. The molecule has 0 aliphatic heterocycles. The highest BCUT2D eigenvalue weighted by Gasteiger charge is 2.33. The van der Waals surface area contributed by atoms with Gasteiger partial charge in [-0.2, -0.15) is 0 Å².